The van der Waals surface area contributed by atoms with Gasteiger partial charge in [-0.1, -0.05) is 24.4 Å². The van der Waals surface area contributed by atoms with Crippen molar-refractivity contribution in [3.63, 3.8) is 0 Å². The van der Waals surface area contributed by atoms with Crippen LogP contribution < -0.4 is 0 Å². The number of likely N-dealkylation sites (N-methyl/N-ethyl adjacent to an activating group) is 1. The molecule has 4 heteroatoms. The van der Waals surface area contributed by atoms with E-state index in [1.165, 1.54) is 0 Å². The number of halogens is 1. The van der Waals surface area contributed by atoms with Crippen molar-refractivity contribution in [3.05, 3.63) is 35.0 Å². The van der Waals surface area contributed by atoms with Crippen LogP contribution in [-0.4, -0.2) is 29.6 Å². The van der Waals surface area contributed by atoms with Crippen LogP contribution in [0.1, 0.15) is 37.5 Å². The molecule has 3 rings (SSSR count). The van der Waals surface area contributed by atoms with E-state index in [9.17, 15) is 5.11 Å². The molecule has 0 amide bonds. The first-order chi connectivity index (χ1) is 9.53. The van der Waals surface area contributed by atoms with Gasteiger partial charge in [-0.2, -0.15) is 0 Å². The third kappa shape index (κ3) is 2.14. The first-order valence-electron chi connectivity index (χ1n) is 7.07. The van der Waals surface area contributed by atoms with Gasteiger partial charge in [0.2, 0.25) is 0 Å². The van der Waals surface area contributed by atoms with Crippen LogP contribution in [0.5, 0.6) is 0 Å². The van der Waals surface area contributed by atoms with Gasteiger partial charge >= 0.3 is 0 Å². The molecule has 1 saturated carbocycles. The second-order valence-electron chi connectivity index (χ2n) is 5.94. The fourth-order valence-electron chi connectivity index (χ4n) is 3.39. The van der Waals surface area contributed by atoms with Crippen molar-refractivity contribution in [2.45, 2.75) is 37.3 Å². The summed E-state index contributed by atoms with van der Waals surface area (Å²) in [4.78, 5) is 2.14. The lowest BCUT2D eigenvalue weighted by Gasteiger charge is -2.39. The van der Waals surface area contributed by atoms with E-state index in [4.69, 9.17) is 16.0 Å². The molecule has 108 valence electrons. The average molecular weight is 294 g/mol. The minimum absolute atomic E-state index is 0.211. The van der Waals surface area contributed by atoms with Crippen LogP contribution in [0.3, 0.4) is 0 Å². The van der Waals surface area contributed by atoms with Crippen molar-refractivity contribution in [3.8, 4) is 0 Å². The third-order valence-electron chi connectivity index (χ3n) is 4.64. The van der Waals surface area contributed by atoms with Crippen LogP contribution in [0.2, 0.25) is 5.02 Å². The van der Waals surface area contributed by atoms with E-state index < -0.39 is 6.10 Å². The predicted molar refractivity (Wildman–Crippen MR) is 81.1 cm³/mol. The number of hydrogen-bond donors (Lipinski definition) is 1. The SMILES string of the molecule is CN(C)C1(C(O)c2cc3cc(Cl)ccc3o2)CCCC1. The van der Waals surface area contributed by atoms with Gasteiger partial charge in [-0.05, 0) is 51.2 Å². The quantitative estimate of drug-likeness (QED) is 0.929. The van der Waals surface area contributed by atoms with E-state index in [0.29, 0.717) is 10.8 Å². The molecule has 0 spiro atoms. The number of furan rings is 1. The van der Waals surface area contributed by atoms with E-state index >= 15 is 0 Å². The number of benzene rings is 1. The molecule has 1 heterocycles. The van der Waals surface area contributed by atoms with Gasteiger partial charge in [0.25, 0.3) is 0 Å². The topological polar surface area (TPSA) is 36.6 Å². The molecule has 0 radical (unpaired) electrons. The maximum Gasteiger partial charge on any atom is 0.135 e. The summed E-state index contributed by atoms with van der Waals surface area (Å²) >= 11 is 6.00. The summed E-state index contributed by atoms with van der Waals surface area (Å²) in [6.45, 7) is 0. The van der Waals surface area contributed by atoms with Crippen LogP contribution in [-0.2, 0) is 0 Å². The van der Waals surface area contributed by atoms with Gasteiger partial charge in [-0.3, -0.25) is 0 Å². The Kier molecular flexibility index (Phi) is 3.53. The molecular weight excluding hydrogens is 274 g/mol. The monoisotopic (exact) mass is 293 g/mol. The standard InChI is InChI=1S/C16H20ClNO2/c1-18(2)16(7-3-4-8-16)15(19)14-10-11-9-12(17)5-6-13(11)20-14/h5-6,9-10,15,19H,3-4,7-8H2,1-2H3. The zero-order valence-electron chi connectivity index (χ0n) is 11.9. The highest BCUT2D eigenvalue weighted by Crippen LogP contribution is 2.44. The third-order valence-corrected chi connectivity index (χ3v) is 4.87. The largest absolute Gasteiger partial charge is 0.458 e. The second-order valence-corrected chi connectivity index (χ2v) is 6.37. The molecule has 2 aromatic rings. The Balaban J connectivity index is 2.00. The van der Waals surface area contributed by atoms with Gasteiger partial charge in [0.15, 0.2) is 0 Å². The summed E-state index contributed by atoms with van der Waals surface area (Å²) in [5.41, 5.74) is 0.563. The van der Waals surface area contributed by atoms with Crippen molar-refractivity contribution in [2.24, 2.45) is 0 Å². The van der Waals surface area contributed by atoms with E-state index in [1.807, 2.05) is 32.3 Å². The van der Waals surface area contributed by atoms with Crippen molar-refractivity contribution in [1.82, 2.24) is 4.90 Å². The van der Waals surface area contributed by atoms with Crippen LogP contribution in [0.25, 0.3) is 11.0 Å². The lowest BCUT2D eigenvalue weighted by atomic mass is 9.87. The number of rotatable bonds is 3. The Morgan fingerprint density at radius 2 is 1.95 bits per heavy atom. The second kappa shape index (κ2) is 5.06. The molecule has 1 aliphatic carbocycles. The number of aliphatic hydroxyl groups excluding tert-OH is 1. The highest BCUT2D eigenvalue weighted by Gasteiger charge is 2.44. The van der Waals surface area contributed by atoms with Crippen molar-refractivity contribution in [1.29, 1.82) is 0 Å². The molecule has 1 atom stereocenters. The van der Waals surface area contributed by atoms with Crippen LogP contribution in [0.15, 0.2) is 28.7 Å². The minimum Gasteiger partial charge on any atom is -0.458 e. The number of hydrogen-bond acceptors (Lipinski definition) is 3. The van der Waals surface area contributed by atoms with Gasteiger partial charge in [-0.25, -0.2) is 0 Å². The average Bonchev–Trinajstić information content (AvgIpc) is 3.04. The molecule has 20 heavy (non-hydrogen) atoms. The van der Waals surface area contributed by atoms with Gasteiger partial charge in [-0.15, -0.1) is 0 Å². The summed E-state index contributed by atoms with van der Waals surface area (Å²) in [6.07, 6.45) is 3.70. The normalized spacial score (nSPS) is 19.9. The fourth-order valence-corrected chi connectivity index (χ4v) is 3.57. The highest BCUT2D eigenvalue weighted by atomic mass is 35.5. The summed E-state index contributed by atoms with van der Waals surface area (Å²) in [5.74, 6) is 0.637. The van der Waals surface area contributed by atoms with Crippen molar-refractivity contribution >= 4 is 22.6 Å². The van der Waals surface area contributed by atoms with E-state index in [2.05, 4.69) is 4.90 Å². The molecule has 0 aliphatic heterocycles. The summed E-state index contributed by atoms with van der Waals surface area (Å²) in [6, 6.07) is 7.44. The first kappa shape index (κ1) is 13.9. The summed E-state index contributed by atoms with van der Waals surface area (Å²) in [7, 11) is 4.07. The van der Waals surface area contributed by atoms with Gasteiger partial charge in [0, 0.05) is 10.4 Å². The Labute approximate surface area is 124 Å². The van der Waals surface area contributed by atoms with Crippen molar-refractivity contribution in [2.75, 3.05) is 14.1 Å². The maximum atomic E-state index is 10.8. The van der Waals surface area contributed by atoms with Crippen molar-refractivity contribution < 1.29 is 9.52 Å². The van der Waals surface area contributed by atoms with Gasteiger partial charge in [0.05, 0.1) is 5.54 Å². The minimum atomic E-state index is -0.605. The zero-order valence-corrected chi connectivity index (χ0v) is 12.7. The molecule has 1 aromatic heterocycles. The van der Waals surface area contributed by atoms with E-state index in [1.54, 1.807) is 6.07 Å². The Morgan fingerprint density at radius 1 is 1.25 bits per heavy atom. The zero-order chi connectivity index (χ0) is 14.3. The molecule has 1 aromatic carbocycles. The molecule has 1 N–H and O–H groups in total. The predicted octanol–water partition coefficient (Wildman–Crippen LogP) is 3.99. The molecule has 0 bridgehead atoms. The first-order valence-corrected chi connectivity index (χ1v) is 7.45. The summed E-state index contributed by atoms with van der Waals surface area (Å²) < 4.78 is 5.84. The smallest absolute Gasteiger partial charge is 0.135 e. The van der Waals surface area contributed by atoms with Gasteiger partial charge in [0.1, 0.15) is 17.4 Å². The molecule has 1 aliphatic rings. The molecular formula is C16H20ClNO2. The van der Waals surface area contributed by atoms with Crippen LogP contribution in [0.4, 0.5) is 0 Å². The van der Waals surface area contributed by atoms with Gasteiger partial charge < -0.3 is 14.4 Å². The summed E-state index contributed by atoms with van der Waals surface area (Å²) in [5, 5.41) is 12.5. The number of aliphatic hydroxyl groups is 1. The van der Waals surface area contributed by atoms with Crippen LogP contribution >= 0.6 is 11.6 Å². The van der Waals surface area contributed by atoms with E-state index in [-0.39, 0.29) is 5.54 Å². The number of fused-ring (bicyclic) bond motifs is 1. The Bertz CT molecular complexity index is 614. The van der Waals surface area contributed by atoms with Crippen LogP contribution in [0, 0.1) is 0 Å². The highest BCUT2D eigenvalue weighted by molar-refractivity contribution is 6.31. The molecule has 1 fully saturated rings. The lowest BCUT2D eigenvalue weighted by Crippen LogP contribution is -2.46. The molecule has 0 saturated heterocycles. The number of nitrogens with zero attached hydrogens (tertiary/aromatic N) is 1. The van der Waals surface area contributed by atoms with E-state index in [0.717, 1.165) is 36.7 Å². The maximum absolute atomic E-state index is 10.8. The fraction of sp³-hybridized carbons (Fsp3) is 0.500. The Hall–Kier alpha value is -1.03. The Morgan fingerprint density at radius 3 is 2.60 bits per heavy atom. The molecule has 3 nitrogen and oxygen atoms in total. The lowest BCUT2D eigenvalue weighted by molar-refractivity contribution is -0.0163. The molecule has 1 unspecified atom stereocenters.